The summed E-state index contributed by atoms with van der Waals surface area (Å²) in [6.07, 6.45) is 3.39. The van der Waals surface area contributed by atoms with Crippen LogP contribution in [0, 0.1) is 12.3 Å². The average molecular weight is 214 g/mol. The molecule has 16 heavy (non-hydrogen) atoms. The molecule has 0 radical (unpaired) electrons. The lowest BCUT2D eigenvalue weighted by Gasteiger charge is -2.02. The Balaban J connectivity index is 2.17. The third-order valence-electron chi connectivity index (χ3n) is 2.37. The molecule has 2 aromatic rings. The number of benzene rings is 1. The predicted octanol–water partition coefficient (Wildman–Crippen LogP) is 1.52. The van der Waals surface area contributed by atoms with Gasteiger partial charge in [-0.3, -0.25) is 10.1 Å². The summed E-state index contributed by atoms with van der Waals surface area (Å²) < 4.78 is 1.78. The van der Waals surface area contributed by atoms with Gasteiger partial charge in [0.1, 0.15) is 5.84 Å². The van der Waals surface area contributed by atoms with E-state index in [1.165, 1.54) is 11.1 Å². The topological polar surface area (TPSA) is 67.7 Å². The zero-order valence-electron chi connectivity index (χ0n) is 9.14. The van der Waals surface area contributed by atoms with Crippen LogP contribution in [0.1, 0.15) is 16.7 Å². The Morgan fingerprint density at radius 3 is 2.94 bits per heavy atom. The summed E-state index contributed by atoms with van der Waals surface area (Å²) in [7, 11) is 0. The molecule has 4 nitrogen and oxygen atoms in total. The Morgan fingerprint density at radius 1 is 1.50 bits per heavy atom. The number of nitrogens with zero attached hydrogens (tertiary/aromatic N) is 2. The van der Waals surface area contributed by atoms with E-state index < -0.39 is 0 Å². The molecule has 0 aliphatic rings. The molecule has 0 spiro atoms. The molecule has 82 valence electrons. The normalized spacial score (nSPS) is 10.3. The van der Waals surface area contributed by atoms with E-state index in [1.807, 2.05) is 6.07 Å². The second-order valence-corrected chi connectivity index (χ2v) is 3.83. The Kier molecular flexibility index (Phi) is 2.72. The highest BCUT2D eigenvalue weighted by Gasteiger charge is 2.01. The molecular formula is C12H14N4. The second kappa shape index (κ2) is 4.18. The summed E-state index contributed by atoms with van der Waals surface area (Å²) in [5.41, 5.74) is 8.46. The maximum absolute atomic E-state index is 7.29. The Labute approximate surface area is 94.2 Å². The smallest absolute Gasteiger partial charge is 0.125 e. The lowest BCUT2D eigenvalue weighted by atomic mass is 10.1. The molecule has 0 atom stereocenters. The molecule has 0 saturated carbocycles. The summed E-state index contributed by atoms with van der Waals surface area (Å²) in [6, 6.07) is 8.27. The monoisotopic (exact) mass is 214 g/mol. The highest BCUT2D eigenvalue weighted by molar-refractivity contribution is 5.94. The van der Waals surface area contributed by atoms with E-state index in [-0.39, 0.29) is 5.84 Å². The fraction of sp³-hybridized carbons (Fsp3) is 0.167. The van der Waals surface area contributed by atoms with Crippen molar-refractivity contribution >= 4 is 5.84 Å². The molecule has 0 aliphatic carbocycles. The van der Waals surface area contributed by atoms with Gasteiger partial charge >= 0.3 is 0 Å². The number of hydrogen-bond acceptors (Lipinski definition) is 2. The second-order valence-electron chi connectivity index (χ2n) is 3.83. The van der Waals surface area contributed by atoms with Crippen LogP contribution in [0.2, 0.25) is 0 Å². The first-order valence-electron chi connectivity index (χ1n) is 5.07. The minimum Gasteiger partial charge on any atom is -0.384 e. The first-order chi connectivity index (χ1) is 7.65. The van der Waals surface area contributed by atoms with Crippen LogP contribution in [-0.4, -0.2) is 15.6 Å². The SMILES string of the molecule is Cc1cccc(Cn2cc(C(=N)N)cn2)c1. The van der Waals surface area contributed by atoms with Gasteiger partial charge in [-0.15, -0.1) is 0 Å². The highest BCUT2D eigenvalue weighted by Crippen LogP contribution is 2.06. The van der Waals surface area contributed by atoms with Crippen molar-refractivity contribution in [1.29, 1.82) is 5.41 Å². The average Bonchev–Trinajstić information content (AvgIpc) is 2.66. The number of hydrogen-bond donors (Lipinski definition) is 2. The van der Waals surface area contributed by atoms with Crippen LogP contribution in [0.4, 0.5) is 0 Å². The van der Waals surface area contributed by atoms with E-state index in [4.69, 9.17) is 11.1 Å². The van der Waals surface area contributed by atoms with E-state index in [9.17, 15) is 0 Å². The van der Waals surface area contributed by atoms with Crippen molar-refractivity contribution in [2.75, 3.05) is 0 Å². The summed E-state index contributed by atoms with van der Waals surface area (Å²) in [6.45, 7) is 2.77. The van der Waals surface area contributed by atoms with Crippen LogP contribution in [0.25, 0.3) is 0 Å². The minimum atomic E-state index is 0.0514. The molecule has 4 heteroatoms. The standard InChI is InChI=1S/C12H14N4/c1-9-3-2-4-10(5-9)7-16-8-11(6-15-16)12(13)14/h2-6,8H,7H2,1H3,(H3,13,14). The van der Waals surface area contributed by atoms with Crippen LogP contribution >= 0.6 is 0 Å². The first kappa shape index (κ1) is 10.4. The molecule has 1 aromatic heterocycles. The van der Waals surface area contributed by atoms with E-state index in [1.54, 1.807) is 17.1 Å². The van der Waals surface area contributed by atoms with Crippen molar-refractivity contribution in [1.82, 2.24) is 9.78 Å². The van der Waals surface area contributed by atoms with Crippen molar-refractivity contribution in [3.8, 4) is 0 Å². The number of aromatic nitrogens is 2. The zero-order valence-corrected chi connectivity index (χ0v) is 9.14. The van der Waals surface area contributed by atoms with E-state index in [0.29, 0.717) is 12.1 Å². The molecule has 1 aromatic carbocycles. The lowest BCUT2D eigenvalue weighted by molar-refractivity contribution is 0.686. The van der Waals surface area contributed by atoms with Crippen LogP contribution < -0.4 is 5.73 Å². The number of nitrogen functional groups attached to an aromatic ring is 1. The number of nitrogens with two attached hydrogens (primary N) is 1. The Morgan fingerprint density at radius 2 is 2.31 bits per heavy atom. The van der Waals surface area contributed by atoms with Gasteiger partial charge in [-0.1, -0.05) is 29.8 Å². The molecule has 2 rings (SSSR count). The number of amidine groups is 1. The fourth-order valence-corrected chi connectivity index (χ4v) is 1.59. The number of rotatable bonds is 3. The predicted molar refractivity (Wildman–Crippen MR) is 63.5 cm³/mol. The third kappa shape index (κ3) is 2.28. The molecule has 0 saturated heterocycles. The van der Waals surface area contributed by atoms with Crippen LogP contribution in [0.15, 0.2) is 36.7 Å². The lowest BCUT2D eigenvalue weighted by Crippen LogP contribution is -2.09. The molecule has 0 bridgehead atoms. The largest absolute Gasteiger partial charge is 0.384 e. The summed E-state index contributed by atoms with van der Waals surface area (Å²) in [5.74, 6) is 0.0514. The number of aryl methyl sites for hydroxylation is 1. The number of nitrogens with one attached hydrogen (secondary N) is 1. The van der Waals surface area contributed by atoms with Crippen LogP contribution in [0.3, 0.4) is 0 Å². The van der Waals surface area contributed by atoms with Gasteiger partial charge in [0.2, 0.25) is 0 Å². The van der Waals surface area contributed by atoms with Gasteiger partial charge in [-0.05, 0) is 12.5 Å². The van der Waals surface area contributed by atoms with Crippen molar-refractivity contribution in [3.63, 3.8) is 0 Å². The maximum atomic E-state index is 7.29. The molecule has 0 unspecified atom stereocenters. The van der Waals surface area contributed by atoms with Gasteiger partial charge in [0.15, 0.2) is 0 Å². The van der Waals surface area contributed by atoms with Gasteiger partial charge in [0.05, 0.1) is 18.3 Å². The first-order valence-corrected chi connectivity index (χ1v) is 5.07. The maximum Gasteiger partial charge on any atom is 0.125 e. The quantitative estimate of drug-likeness (QED) is 0.601. The zero-order chi connectivity index (χ0) is 11.5. The molecule has 0 fully saturated rings. The summed E-state index contributed by atoms with van der Waals surface area (Å²) >= 11 is 0. The molecular weight excluding hydrogens is 200 g/mol. The van der Waals surface area contributed by atoms with E-state index in [0.717, 1.165) is 0 Å². The van der Waals surface area contributed by atoms with E-state index >= 15 is 0 Å². The molecule has 3 N–H and O–H groups in total. The van der Waals surface area contributed by atoms with E-state index in [2.05, 4.69) is 30.2 Å². The van der Waals surface area contributed by atoms with Gasteiger partial charge in [0, 0.05) is 6.20 Å². The van der Waals surface area contributed by atoms with Crippen LogP contribution in [0.5, 0.6) is 0 Å². The third-order valence-corrected chi connectivity index (χ3v) is 2.37. The van der Waals surface area contributed by atoms with Gasteiger partial charge in [-0.25, -0.2) is 0 Å². The van der Waals surface area contributed by atoms with Crippen LogP contribution in [-0.2, 0) is 6.54 Å². The van der Waals surface area contributed by atoms with Gasteiger partial charge < -0.3 is 5.73 Å². The van der Waals surface area contributed by atoms with Crippen molar-refractivity contribution in [2.24, 2.45) is 5.73 Å². The Bertz CT molecular complexity index is 513. The fourth-order valence-electron chi connectivity index (χ4n) is 1.59. The van der Waals surface area contributed by atoms with Crippen molar-refractivity contribution in [2.45, 2.75) is 13.5 Å². The molecule has 0 aliphatic heterocycles. The summed E-state index contributed by atoms with van der Waals surface area (Å²) in [5, 5.41) is 11.4. The van der Waals surface area contributed by atoms with Gasteiger partial charge in [0.25, 0.3) is 0 Å². The van der Waals surface area contributed by atoms with Crippen molar-refractivity contribution < 1.29 is 0 Å². The van der Waals surface area contributed by atoms with Crippen molar-refractivity contribution in [3.05, 3.63) is 53.3 Å². The molecule has 0 amide bonds. The minimum absolute atomic E-state index is 0.0514. The Hall–Kier alpha value is -2.10. The summed E-state index contributed by atoms with van der Waals surface area (Å²) in [4.78, 5) is 0. The highest BCUT2D eigenvalue weighted by atomic mass is 15.3. The molecule has 1 heterocycles. The van der Waals surface area contributed by atoms with Gasteiger partial charge in [-0.2, -0.15) is 5.10 Å².